The zero-order chi connectivity index (χ0) is 14.5. The summed E-state index contributed by atoms with van der Waals surface area (Å²) >= 11 is 3.56. The number of fused-ring (bicyclic) bond motifs is 1. The van der Waals surface area contributed by atoms with E-state index in [2.05, 4.69) is 60.4 Å². The van der Waals surface area contributed by atoms with E-state index in [1.165, 1.54) is 20.5 Å². The third kappa shape index (κ3) is 3.68. The zero-order valence-electron chi connectivity index (χ0n) is 11.4. The third-order valence-corrected chi connectivity index (χ3v) is 5.23. The second-order valence-electron chi connectivity index (χ2n) is 4.56. The normalized spacial score (nSPS) is 10.3. The summed E-state index contributed by atoms with van der Waals surface area (Å²) in [6, 6.07) is 17.1. The molecule has 0 saturated carbocycles. The number of rotatable bonds is 3. The maximum atomic E-state index is 8.70. The molecule has 1 heterocycles. The largest absolute Gasteiger partial charge is 0.384 e. The molecule has 3 rings (SSSR count). The molecule has 1 nitrogen and oxygen atoms in total. The van der Waals surface area contributed by atoms with Crippen molar-refractivity contribution in [2.75, 3.05) is 6.61 Å². The van der Waals surface area contributed by atoms with Crippen LogP contribution in [0.5, 0.6) is 0 Å². The first-order valence-corrected chi connectivity index (χ1v) is 8.50. The SMILES string of the molecule is OCC#Cc1csc(CSc2ccc3ccccc3c2)c1. The van der Waals surface area contributed by atoms with Crippen molar-refractivity contribution in [3.8, 4) is 11.8 Å². The molecule has 1 aromatic heterocycles. The topological polar surface area (TPSA) is 20.2 Å². The molecule has 0 aliphatic rings. The first-order chi connectivity index (χ1) is 10.3. The maximum Gasteiger partial charge on any atom is 0.104 e. The van der Waals surface area contributed by atoms with Crippen LogP contribution in [-0.2, 0) is 5.75 Å². The van der Waals surface area contributed by atoms with E-state index in [1.54, 1.807) is 11.3 Å². The number of aliphatic hydroxyl groups excluding tert-OH is 1. The van der Waals surface area contributed by atoms with Crippen LogP contribution in [0.25, 0.3) is 10.8 Å². The van der Waals surface area contributed by atoms with Crippen molar-refractivity contribution in [2.45, 2.75) is 10.6 Å². The van der Waals surface area contributed by atoms with Gasteiger partial charge in [0, 0.05) is 26.5 Å². The fraction of sp³-hybridized carbons (Fsp3) is 0.111. The molecule has 0 aliphatic heterocycles. The molecule has 104 valence electrons. The van der Waals surface area contributed by atoms with E-state index in [9.17, 15) is 0 Å². The molecule has 2 aromatic carbocycles. The van der Waals surface area contributed by atoms with Gasteiger partial charge in [-0.3, -0.25) is 0 Å². The van der Waals surface area contributed by atoms with Crippen molar-refractivity contribution >= 4 is 33.9 Å². The van der Waals surface area contributed by atoms with E-state index in [0.717, 1.165) is 11.3 Å². The molecule has 1 N–H and O–H groups in total. The Kier molecular flexibility index (Phi) is 4.62. The smallest absolute Gasteiger partial charge is 0.104 e. The monoisotopic (exact) mass is 310 g/mol. The average Bonchev–Trinajstić information content (AvgIpc) is 2.98. The van der Waals surface area contributed by atoms with E-state index in [0.29, 0.717) is 0 Å². The van der Waals surface area contributed by atoms with Crippen LogP contribution in [0.4, 0.5) is 0 Å². The van der Waals surface area contributed by atoms with Gasteiger partial charge in [-0.25, -0.2) is 0 Å². The minimum atomic E-state index is -0.0863. The summed E-state index contributed by atoms with van der Waals surface area (Å²) < 4.78 is 0. The van der Waals surface area contributed by atoms with Crippen LogP contribution in [0.15, 0.2) is 58.8 Å². The average molecular weight is 310 g/mol. The second kappa shape index (κ2) is 6.82. The fourth-order valence-electron chi connectivity index (χ4n) is 2.08. The molecule has 3 aromatic rings. The van der Waals surface area contributed by atoms with Crippen LogP contribution >= 0.6 is 23.1 Å². The molecule has 0 bridgehead atoms. The first kappa shape index (κ1) is 14.2. The van der Waals surface area contributed by atoms with Crippen molar-refractivity contribution in [1.29, 1.82) is 0 Å². The molecule has 3 heteroatoms. The van der Waals surface area contributed by atoms with Gasteiger partial charge in [-0.2, -0.15) is 0 Å². The number of hydrogen-bond acceptors (Lipinski definition) is 3. The van der Waals surface area contributed by atoms with Gasteiger partial charge < -0.3 is 5.11 Å². The van der Waals surface area contributed by atoms with Crippen LogP contribution in [0.3, 0.4) is 0 Å². The molecule has 0 aliphatic carbocycles. The van der Waals surface area contributed by atoms with Gasteiger partial charge >= 0.3 is 0 Å². The second-order valence-corrected chi connectivity index (χ2v) is 6.60. The lowest BCUT2D eigenvalue weighted by molar-refractivity contribution is 0.350. The molecule has 0 saturated heterocycles. The molecule has 21 heavy (non-hydrogen) atoms. The van der Waals surface area contributed by atoms with Crippen molar-refractivity contribution < 1.29 is 5.11 Å². The van der Waals surface area contributed by atoms with Gasteiger partial charge in [0.15, 0.2) is 0 Å². The van der Waals surface area contributed by atoms with Crippen molar-refractivity contribution in [1.82, 2.24) is 0 Å². The fourth-order valence-corrected chi connectivity index (χ4v) is 3.89. The van der Waals surface area contributed by atoms with Gasteiger partial charge in [0.2, 0.25) is 0 Å². The van der Waals surface area contributed by atoms with Crippen molar-refractivity contribution in [3.05, 3.63) is 64.4 Å². The summed E-state index contributed by atoms with van der Waals surface area (Å²) in [5.41, 5.74) is 0.989. The molecule has 0 spiro atoms. The van der Waals surface area contributed by atoms with Gasteiger partial charge in [0.25, 0.3) is 0 Å². The Morgan fingerprint density at radius 3 is 2.76 bits per heavy atom. The van der Waals surface area contributed by atoms with Crippen LogP contribution in [0.1, 0.15) is 10.4 Å². The number of thioether (sulfide) groups is 1. The Balaban J connectivity index is 1.69. The third-order valence-electron chi connectivity index (χ3n) is 3.07. The van der Waals surface area contributed by atoms with Gasteiger partial charge in [0.1, 0.15) is 6.61 Å². The van der Waals surface area contributed by atoms with E-state index < -0.39 is 0 Å². The van der Waals surface area contributed by atoms with E-state index in [4.69, 9.17) is 5.11 Å². The minimum Gasteiger partial charge on any atom is -0.384 e. The summed E-state index contributed by atoms with van der Waals surface area (Å²) in [7, 11) is 0. The summed E-state index contributed by atoms with van der Waals surface area (Å²) in [5.74, 6) is 6.56. The van der Waals surface area contributed by atoms with E-state index in [-0.39, 0.29) is 6.61 Å². The molecule has 0 fully saturated rings. The predicted molar refractivity (Wildman–Crippen MR) is 91.8 cm³/mol. The van der Waals surface area contributed by atoms with Crippen LogP contribution in [-0.4, -0.2) is 11.7 Å². The van der Waals surface area contributed by atoms with E-state index >= 15 is 0 Å². The van der Waals surface area contributed by atoms with E-state index in [1.807, 2.05) is 17.1 Å². The Hall–Kier alpha value is -1.73. The van der Waals surface area contributed by atoms with Gasteiger partial charge in [-0.15, -0.1) is 23.1 Å². The predicted octanol–water partition coefficient (Wildman–Crippen LogP) is 4.54. The zero-order valence-corrected chi connectivity index (χ0v) is 13.0. The number of benzene rings is 2. The molecule has 0 unspecified atom stereocenters. The van der Waals surface area contributed by atoms with Crippen molar-refractivity contribution in [2.24, 2.45) is 0 Å². The molecule has 0 atom stereocenters. The van der Waals surface area contributed by atoms with Crippen molar-refractivity contribution in [3.63, 3.8) is 0 Å². The highest BCUT2D eigenvalue weighted by molar-refractivity contribution is 7.98. The lowest BCUT2D eigenvalue weighted by Gasteiger charge is -2.02. The lowest BCUT2D eigenvalue weighted by atomic mass is 10.1. The van der Waals surface area contributed by atoms with Crippen LogP contribution in [0.2, 0.25) is 0 Å². The highest BCUT2D eigenvalue weighted by Gasteiger charge is 2.01. The molecule has 0 radical (unpaired) electrons. The summed E-state index contributed by atoms with van der Waals surface area (Å²) in [6.45, 7) is -0.0863. The van der Waals surface area contributed by atoms with Gasteiger partial charge in [-0.1, -0.05) is 42.2 Å². The Morgan fingerprint density at radius 1 is 1.05 bits per heavy atom. The minimum absolute atomic E-state index is 0.0863. The van der Waals surface area contributed by atoms with Gasteiger partial charge in [-0.05, 0) is 29.0 Å². The summed E-state index contributed by atoms with van der Waals surface area (Å²) in [6.07, 6.45) is 0. The number of hydrogen-bond donors (Lipinski definition) is 1. The van der Waals surface area contributed by atoms with Crippen LogP contribution in [0, 0.1) is 11.8 Å². The highest BCUT2D eigenvalue weighted by atomic mass is 32.2. The maximum absolute atomic E-state index is 8.70. The molecular weight excluding hydrogens is 296 g/mol. The Labute approximate surface area is 132 Å². The summed E-state index contributed by atoms with van der Waals surface area (Å²) in [4.78, 5) is 2.58. The number of aliphatic hydroxyl groups is 1. The lowest BCUT2D eigenvalue weighted by Crippen LogP contribution is -1.77. The summed E-state index contributed by atoms with van der Waals surface area (Å²) in [5, 5.41) is 13.3. The first-order valence-electron chi connectivity index (χ1n) is 6.64. The van der Waals surface area contributed by atoms with Crippen LogP contribution < -0.4 is 0 Å². The molecule has 0 amide bonds. The standard InChI is InChI=1S/C18H14OS2/c19-9-3-4-14-10-18(20-12-14)13-21-17-8-7-15-5-1-2-6-16(15)11-17/h1-2,5-8,10-12,19H,9,13H2. The quantitative estimate of drug-likeness (QED) is 0.566. The molecular formula is C18H14OS2. The number of thiophene rings is 1. The highest BCUT2D eigenvalue weighted by Crippen LogP contribution is 2.28. The van der Waals surface area contributed by atoms with Gasteiger partial charge in [0.05, 0.1) is 0 Å². The Bertz CT molecular complexity index is 808. The Morgan fingerprint density at radius 2 is 1.90 bits per heavy atom.